The predicted octanol–water partition coefficient (Wildman–Crippen LogP) is 2.01. The molecule has 0 aromatic carbocycles. The van der Waals surface area contributed by atoms with Crippen LogP contribution in [-0.4, -0.2) is 83.8 Å². The van der Waals surface area contributed by atoms with Crippen molar-refractivity contribution < 1.29 is 28.5 Å². The molecule has 0 aromatic rings. The Labute approximate surface area is 154 Å². The summed E-state index contributed by atoms with van der Waals surface area (Å²) in [4.78, 5) is 27.8. The van der Waals surface area contributed by atoms with Crippen LogP contribution >= 0.6 is 0 Å². The van der Waals surface area contributed by atoms with Crippen molar-refractivity contribution in [2.75, 3.05) is 26.2 Å². The van der Waals surface area contributed by atoms with Crippen LogP contribution in [0.25, 0.3) is 0 Å². The number of nitrogens with zero attached hydrogens (tertiary/aromatic N) is 2. The third-order valence-corrected chi connectivity index (χ3v) is 4.43. The first-order valence-electron chi connectivity index (χ1n) is 9.18. The van der Waals surface area contributed by atoms with E-state index in [-0.39, 0.29) is 36.6 Å². The molecular formula is C18H30N2O6. The van der Waals surface area contributed by atoms with Crippen molar-refractivity contribution in [2.45, 2.75) is 77.2 Å². The molecule has 0 aliphatic carbocycles. The lowest BCUT2D eigenvalue weighted by molar-refractivity contribution is -0.184. The van der Waals surface area contributed by atoms with Gasteiger partial charge >= 0.3 is 12.2 Å². The number of rotatable bonds is 0. The number of carbonyl (C=O) groups excluding carboxylic acids is 2. The van der Waals surface area contributed by atoms with Crippen LogP contribution in [0.4, 0.5) is 9.59 Å². The Balaban J connectivity index is 1.55. The second-order valence-electron chi connectivity index (χ2n) is 9.20. The Bertz CT molecular complexity index is 497. The lowest BCUT2D eigenvalue weighted by Crippen LogP contribution is -2.47. The summed E-state index contributed by atoms with van der Waals surface area (Å²) in [6, 6.07) is 0. The highest BCUT2D eigenvalue weighted by Crippen LogP contribution is 2.32. The van der Waals surface area contributed by atoms with Gasteiger partial charge in [0, 0.05) is 0 Å². The average molecular weight is 370 g/mol. The van der Waals surface area contributed by atoms with E-state index in [0.29, 0.717) is 26.2 Å². The van der Waals surface area contributed by atoms with E-state index in [2.05, 4.69) is 0 Å². The quantitative estimate of drug-likeness (QED) is 0.649. The Morgan fingerprint density at radius 2 is 0.962 bits per heavy atom. The van der Waals surface area contributed by atoms with E-state index in [1.165, 1.54) is 0 Å². The monoisotopic (exact) mass is 370 g/mol. The van der Waals surface area contributed by atoms with Crippen LogP contribution in [0, 0.1) is 0 Å². The van der Waals surface area contributed by atoms with Gasteiger partial charge in [0.2, 0.25) is 0 Å². The van der Waals surface area contributed by atoms with E-state index in [0.717, 1.165) is 0 Å². The number of hydrogen-bond acceptors (Lipinski definition) is 6. The van der Waals surface area contributed by atoms with Gasteiger partial charge in [-0.25, -0.2) is 9.59 Å². The number of amides is 2. The molecule has 8 heteroatoms. The molecule has 8 nitrogen and oxygen atoms in total. The van der Waals surface area contributed by atoms with Gasteiger partial charge in [-0.15, -0.1) is 0 Å². The number of ether oxygens (including phenoxy) is 4. The van der Waals surface area contributed by atoms with Crippen molar-refractivity contribution in [3.05, 3.63) is 0 Å². The molecule has 3 saturated heterocycles. The average Bonchev–Trinajstić information content (AvgIpc) is 3.03. The van der Waals surface area contributed by atoms with Crippen molar-refractivity contribution in [1.82, 2.24) is 9.80 Å². The minimum atomic E-state index is -0.531. The fourth-order valence-electron chi connectivity index (χ4n) is 3.41. The molecule has 3 aliphatic heterocycles. The Morgan fingerprint density at radius 1 is 0.692 bits per heavy atom. The molecule has 4 atom stereocenters. The second kappa shape index (κ2) is 6.56. The highest BCUT2D eigenvalue weighted by molar-refractivity contribution is 5.69. The molecule has 0 bridgehead atoms. The fraction of sp³-hybridized carbons (Fsp3) is 0.889. The summed E-state index contributed by atoms with van der Waals surface area (Å²) < 4.78 is 23.1. The summed E-state index contributed by atoms with van der Waals surface area (Å²) in [5.74, 6) is 0. The van der Waals surface area contributed by atoms with Crippen LogP contribution in [-0.2, 0) is 18.9 Å². The first-order chi connectivity index (χ1) is 11.9. The largest absolute Gasteiger partial charge is 0.444 e. The summed E-state index contributed by atoms with van der Waals surface area (Å²) in [6.45, 7) is 12.8. The molecule has 0 radical (unpaired) electrons. The second-order valence-corrected chi connectivity index (χ2v) is 9.20. The standard InChI is InChI=1S/C18H30N2O6/c1-17(2,3)25-15(21)19-7-11-12(8-19)24-14-10-20(9-13(14)23-11)16(22)26-18(4,5)6/h11-14H,7-10H2,1-6H3. The molecule has 0 aromatic heterocycles. The lowest BCUT2D eigenvalue weighted by atomic mass is 10.1. The maximum Gasteiger partial charge on any atom is 0.410 e. The van der Waals surface area contributed by atoms with Crippen molar-refractivity contribution in [1.29, 1.82) is 0 Å². The molecule has 3 fully saturated rings. The molecule has 3 aliphatic rings. The van der Waals surface area contributed by atoms with Gasteiger partial charge < -0.3 is 28.7 Å². The topological polar surface area (TPSA) is 77.5 Å². The van der Waals surface area contributed by atoms with E-state index < -0.39 is 11.2 Å². The van der Waals surface area contributed by atoms with E-state index in [1.807, 2.05) is 41.5 Å². The van der Waals surface area contributed by atoms with Crippen LogP contribution in [0.5, 0.6) is 0 Å². The molecule has 148 valence electrons. The zero-order valence-corrected chi connectivity index (χ0v) is 16.5. The predicted molar refractivity (Wildman–Crippen MR) is 92.9 cm³/mol. The third-order valence-electron chi connectivity index (χ3n) is 4.43. The molecule has 26 heavy (non-hydrogen) atoms. The third kappa shape index (κ3) is 4.40. The fourth-order valence-corrected chi connectivity index (χ4v) is 3.41. The zero-order chi connectivity index (χ0) is 19.3. The Morgan fingerprint density at radius 3 is 1.19 bits per heavy atom. The van der Waals surface area contributed by atoms with Crippen molar-refractivity contribution in [3.63, 3.8) is 0 Å². The lowest BCUT2D eigenvalue weighted by Gasteiger charge is -2.33. The van der Waals surface area contributed by atoms with E-state index >= 15 is 0 Å². The molecule has 3 rings (SSSR count). The summed E-state index contributed by atoms with van der Waals surface area (Å²) in [6.07, 6.45) is -1.46. The van der Waals surface area contributed by atoms with E-state index in [4.69, 9.17) is 18.9 Å². The maximum atomic E-state index is 12.2. The van der Waals surface area contributed by atoms with Crippen LogP contribution in [0.1, 0.15) is 41.5 Å². The SMILES string of the molecule is CC(C)(C)OC(=O)N1CC2OC3CN(C(=O)OC(C)(C)C)CC3OC2C1. The van der Waals surface area contributed by atoms with Gasteiger partial charge in [0.1, 0.15) is 35.6 Å². The number of fused-ring (bicyclic) bond motifs is 2. The van der Waals surface area contributed by atoms with E-state index in [1.54, 1.807) is 9.80 Å². The first kappa shape index (κ1) is 19.2. The Hall–Kier alpha value is -1.54. The normalized spacial score (nSPS) is 31.5. The van der Waals surface area contributed by atoms with Gasteiger partial charge in [-0.1, -0.05) is 0 Å². The van der Waals surface area contributed by atoms with Crippen LogP contribution < -0.4 is 0 Å². The van der Waals surface area contributed by atoms with Gasteiger partial charge in [-0.2, -0.15) is 0 Å². The van der Waals surface area contributed by atoms with Gasteiger partial charge in [-0.05, 0) is 41.5 Å². The van der Waals surface area contributed by atoms with Crippen LogP contribution in [0.2, 0.25) is 0 Å². The summed E-state index contributed by atoms with van der Waals surface area (Å²) in [5, 5.41) is 0. The number of likely N-dealkylation sites (tertiary alicyclic amines) is 2. The molecule has 0 saturated carbocycles. The minimum Gasteiger partial charge on any atom is -0.444 e. The van der Waals surface area contributed by atoms with Crippen molar-refractivity contribution in [2.24, 2.45) is 0 Å². The number of hydrogen-bond donors (Lipinski definition) is 0. The van der Waals surface area contributed by atoms with Crippen molar-refractivity contribution >= 4 is 12.2 Å². The van der Waals surface area contributed by atoms with E-state index in [9.17, 15) is 9.59 Å². The summed E-state index contributed by atoms with van der Waals surface area (Å²) >= 11 is 0. The molecule has 0 N–H and O–H groups in total. The highest BCUT2D eigenvalue weighted by atomic mass is 16.6. The molecule has 4 unspecified atom stereocenters. The van der Waals surface area contributed by atoms with Gasteiger partial charge in [0.25, 0.3) is 0 Å². The summed E-state index contributed by atoms with van der Waals surface area (Å²) in [5.41, 5.74) is -1.06. The van der Waals surface area contributed by atoms with Crippen LogP contribution in [0.15, 0.2) is 0 Å². The minimum absolute atomic E-state index is 0.192. The molecule has 0 spiro atoms. The highest BCUT2D eigenvalue weighted by Gasteiger charge is 2.50. The van der Waals surface area contributed by atoms with Gasteiger partial charge in [0.15, 0.2) is 0 Å². The summed E-state index contributed by atoms with van der Waals surface area (Å²) in [7, 11) is 0. The smallest absolute Gasteiger partial charge is 0.410 e. The van der Waals surface area contributed by atoms with Crippen LogP contribution in [0.3, 0.4) is 0 Å². The molecular weight excluding hydrogens is 340 g/mol. The first-order valence-corrected chi connectivity index (χ1v) is 9.18. The van der Waals surface area contributed by atoms with Gasteiger partial charge in [0.05, 0.1) is 26.2 Å². The zero-order valence-electron chi connectivity index (χ0n) is 16.5. The maximum absolute atomic E-state index is 12.2. The number of carbonyl (C=O) groups is 2. The van der Waals surface area contributed by atoms with Gasteiger partial charge in [-0.3, -0.25) is 0 Å². The van der Waals surface area contributed by atoms with Crippen molar-refractivity contribution in [3.8, 4) is 0 Å². The Kier molecular flexibility index (Phi) is 4.85. The molecule has 3 heterocycles. The molecule has 2 amide bonds.